The largest absolute Gasteiger partial charge is 0.496 e. The van der Waals surface area contributed by atoms with Gasteiger partial charge in [0.15, 0.2) is 0 Å². The summed E-state index contributed by atoms with van der Waals surface area (Å²) in [5.74, 6) is 7.16. The fourth-order valence-corrected chi connectivity index (χ4v) is 2.30. The Kier molecular flexibility index (Phi) is 5.75. The molecule has 3 nitrogen and oxygen atoms in total. The van der Waals surface area contributed by atoms with Gasteiger partial charge in [-0.15, -0.1) is 11.6 Å². The van der Waals surface area contributed by atoms with Gasteiger partial charge in [0, 0.05) is 17.5 Å². The molecule has 1 rings (SSSR count). The minimum absolute atomic E-state index is 0.0873. The van der Waals surface area contributed by atoms with Gasteiger partial charge in [-0.1, -0.05) is 6.07 Å². The van der Waals surface area contributed by atoms with Crippen molar-refractivity contribution in [3.05, 3.63) is 28.8 Å². The fraction of sp³-hybridized carbons (Fsp3) is 0.538. The number of ether oxygens (including phenoxy) is 1. The first-order chi connectivity index (χ1) is 8.13. The normalized spacial score (nSPS) is 12.5. The SMILES string of the molecule is COc1cc(C)cc(C)c1C(CCCCl)NN. The number of benzene rings is 1. The summed E-state index contributed by atoms with van der Waals surface area (Å²) in [4.78, 5) is 0. The van der Waals surface area contributed by atoms with Gasteiger partial charge in [-0.2, -0.15) is 0 Å². The van der Waals surface area contributed by atoms with Crippen molar-refractivity contribution < 1.29 is 4.74 Å². The number of nitrogens with one attached hydrogen (secondary N) is 1. The van der Waals surface area contributed by atoms with Gasteiger partial charge in [-0.25, -0.2) is 0 Å². The molecule has 1 unspecified atom stereocenters. The van der Waals surface area contributed by atoms with Crippen LogP contribution < -0.4 is 16.0 Å². The number of hydrazine groups is 1. The minimum Gasteiger partial charge on any atom is -0.496 e. The standard InChI is InChI=1S/C13H21ClN2O/c1-9-7-10(2)13(12(8-9)17-3)11(16-15)5-4-6-14/h7-8,11,16H,4-6,15H2,1-3H3. The molecule has 0 heterocycles. The van der Waals surface area contributed by atoms with Crippen LogP contribution in [0.3, 0.4) is 0 Å². The van der Waals surface area contributed by atoms with E-state index in [2.05, 4.69) is 25.3 Å². The van der Waals surface area contributed by atoms with Gasteiger partial charge >= 0.3 is 0 Å². The molecule has 0 fully saturated rings. The number of alkyl halides is 1. The highest BCUT2D eigenvalue weighted by Crippen LogP contribution is 2.32. The topological polar surface area (TPSA) is 47.3 Å². The number of rotatable bonds is 6. The van der Waals surface area contributed by atoms with E-state index in [0.717, 1.165) is 24.2 Å². The van der Waals surface area contributed by atoms with Crippen LogP contribution in [0.25, 0.3) is 0 Å². The average Bonchev–Trinajstić information content (AvgIpc) is 2.31. The van der Waals surface area contributed by atoms with Crippen molar-refractivity contribution in [1.82, 2.24) is 5.43 Å². The molecular weight excluding hydrogens is 236 g/mol. The first-order valence-electron chi connectivity index (χ1n) is 5.81. The molecular formula is C13H21ClN2O. The van der Waals surface area contributed by atoms with E-state index in [1.165, 1.54) is 11.1 Å². The molecule has 0 aliphatic carbocycles. The predicted octanol–water partition coefficient (Wildman–Crippen LogP) is 2.84. The number of hydrogen-bond donors (Lipinski definition) is 2. The molecule has 0 saturated carbocycles. The zero-order chi connectivity index (χ0) is 12.8. The Morgan fingerprint density at radius 2 is 2.12 bits per heavy atom. The van der Waals surface area contributed by atoms with E-state index in [9.17, 15) is 0 Å². The molecule has 0 aliphatic heterocycles. The van der Waals surface area contributed by atoms with Gasteiger partial charge < -0.3 is 4.74 Å². The Morgan fingerprint density at radius 1 is 1.41 bits per heavy atom. The fourth-order valence-electron chi connectivity index (χ4n) is 2.15. The summed E-state index contributed by atoms with van der Waals surface area (Å²) in [6.45, 7) is 4.14. The highest BCUT2D eigenvalue weighted by atomic mass is 35.5. The van der Waals surface area contributed by atoms with Crippen LogP contribution in [0.15, 0.2) is 12.1 Å². The van der Waals surface area contributed by atoms with Crippen LogP contribution in [0.5, 0.6) is 5.75 Å². The lowest BCUT2D eigenvalue weighted by molar-refractivity contribution is 0.394. The second-order valence-corrected chi connectivity index (χ2v) is 4.63. The second kappa shape index (κ2) is 6.84. The molecule has 3 N–H and O–H groups in total. The number of hydrogen-bond acceptors (Lipinski definition) is 3. The van der Waals surface area contributed by atoms with Crippen LogP contribution in [-0.2, 0) is 0 Å². The van der Waals surface area contributed by atoms with Crippen LogP contribution in [0, 0.1) is 13.8 Å². The summed E-state index contributed by atoms with van der Waals surface area (Å²) < 4.78 is 5.44. The summed E-state index contributed by atoms with van der Waals surface area (Å²) in [7, 11) is 1.69. The Hall–Kier alpha value is -0.770. The molecule has 0 amide bonds. The second-order valence-electron chi connectivity index (χ2n) is 4.25. The first kappa shape index (κ1) is 14.3. The quantitative estimate of drug-likeness (QED) is 0.467. The first-order valence-corrected chi connectivity index (χ1v) is 6.34. The lowest BCUT2D eigenvalue weighted by Gasteiger charge is -2.21. The minimum atomic E-state index is 0.0873. The zero-order valence-corrected chi connectivity index (χ0v) is 11.5. The molecule has 0 bridgehead atoms. The average molecular weight is 257 g/mol. The van der Waals surface area contributed by atoms with Crippen molar-refractivity contribution in [3.8, 4) is 5.75 Å². The van der Waals surface area contributed by atoms with Crippen molar-refractivity contribution in [2.45, 2.75) is 32.7 Å². The maximum Gasteiger partial charge on any atom is 0.124 e. The Labute approximate surface area is 108 Å². The molecule has 0 aromatic heterocycles. The van der Waals surface area contributed by atoms with Crippen LogP contribution in [0.2, 0.25) is 0 Å². The van der Waals surface area contributed by atoms with Crippen LogP contribution in [-0.4, -0.2) is 13.0 Å². The third-order valence-electron chi connectivity index (χ3n) is 2.89. The van der Waals surface area contributed by atoms with Gasteiger partial charge in [0.2, 0.25) is 0 Å². The molecule has 4 heteroatoms. The van der Waals surface area contributed by atoms with Crippen LogP contribution >= 0.6 is 11.6 Å². The number of methoxy groups -OCH3 is 1. The smallest absolute Gasteiger partial charge is 0.124 e. The molecule has 0 radical (unpaired) electrons. The number of halogens is 1. The maximum atomic E-state index is 5.73. The summed E-state index contributed by atoms with van der Waals surface area (Å²) in [5.41, 5.74) is 6.36. The van der Waals surface area contributed by atoms with E-state index in [0.29, 0.717) is 5.88 Å². The van der Waals surface area contributed by atoms with Crippen molar-refractivity contribution >= 4 is 11.6 Å². The molecule has 0 saturated heterocycles. The molecule has 96 valence electrons. The van der Waals surface area contributed by atoms with Gasteiger partial charge in [-0.05, 0) is 43.9 Å². The van der Waals surface area contributed by atoms with E-state index in [1.54, 1.807) is 7.11 Å². The van der Waals surface area contributed by atoms with Gasteiger partial charge in [-0.3, -0.25) is 11.3 Å². The third kappa shape index (κ3) is 3.60. The highest BCUT2D eigenvalue weighted by molar-refractivity contribution is 6.17. The lowest BCUT2D eigenvalue weighted by atomic mass is 9.95. The molecule has 1 aromatic carbocycles. The van der Waals surface area contributed by atoms with Gasteiger partial charge in [0.05, 0.1) is 7.11 Å². The van der Waals surface area contributed by atoms with E-state index in [-0.39, 0.29) is 6.04 Å². The van der Waals surface area contributed by atoms with Gasteiger partial charge in [0.25, 0.3) is 0 Å². The van der Waals surface area contributed by atoms with E-state index >= 15 is 0 Å². The molecule has 1 atom stereocenters. The Morgan fingerprint density at radius 3 is 2.65 bits per heavy atom. The summed E-state index contributed by atoms with van der Waals surface area (Å²) in [6.07, 6.45) is 1.83. The highest BCUT2D eigenvalue weighted by Gasteiger charge is 2.17. The van der Waals surface area contributed by atoms with Gasteiger partial charge in [0.1, 0.15) is 5.75 Å². The predicted molar refractivity (Wildman–Crippen MR) is 72.5 cm³/mol. The molecule has 0 aliphatic rings. The monoisotopic (exact) mass is 256 g/mol. The summed E-state index contributed by atoms with van der Waals surface area (Å²) >= 11 is 5.73. The summed E-state index contributed by atoms with van der Waals surface area (Å²) in [5, 5.41) is 0. The van der Waals surface area contributed by atoms with Crippen LogP contribution in [0.4, 0.5) is 0 Å². The molecule has 1 aromatic rings. The maximum absolute atomic E-state index is 5.73. The Balaban J connectivity index is 3.08. The number of aryl methyl sites for hydroxylation is 2. The van der Waals surface area contributed by atoms with E-state index in [1.807, 2.05) is 6.07 Å². The van der Waals surface area contributed by atoms with E-state index < -0.39 is 0 Å². The molecule has 17 heavy (non-hydrogen) atoms. The number of nitrogens with two attached hydrogens (primary N) is 1. The molecule has 0 spiro atoms. The Bertz CT molecular complexity index is 369. The zero-order valence-electron chi connectivity index (χ0n) is 10.7. The lowest BCUT2D eigenvalue weighted by Crippen LogP contribution is -2.29. The van der Waals surface area contributed by atoms with E-state index in [4.69, 9.17) is 22.2 Å². The van der Waals surface area contributed by atoms with Crippen molar-refractivity contribution in [2.75, 3.05) is 13.0 Å². The van der Waals surface area contributed by atoms with Crippen molar-refractivity contribution in [1.29, 1.82) is 0 Å². The third-order valence-corrected chi connectivity index (χ3v) is 3.16. The summed E-state index contributed by atoms with van der Waals surface area (Å²) in [6, 6.07) is 4.26. The van der Waals surface area contributed by atoms with Crippen LogP contribution in [0.1, 0.15) is 35.6 Å². The van der Waals surface area contributed by atoms with Crippen molar-refractivity contribution in [2.24, 2.45) is 5.84 Å². The van der Waals surface area contributed by atoms with Crippen molar-refractivity contribution in [3.63, 3.8) is 0 Å².